The monoisotopic (exact) mass is 346 g/mol. The first-order valence-electron chi connectivity index (χ1n) is 8.26. The molecule has 1 aliphatic heterocycles. The molecular weight excluding hydrogens is 324 g/mol. The highest BCUT2D eigenvalue weighted by Crippen LogP contribution is 2.31. The fourth-order valence-corrected chi connectivity index (χ4v) is 3.26. The summed E-state index contributed by atoms with van der Waals surface area (Å²) in [6, 6.07) is 5.64. The van der Waals surface area contributed by atoms with E-state index in [1.807, 2.05) is 18.2 Å². The summed E-state index contributed by atoms with van der Waals surface area (Å²) in [5.74, 6) is -0.392. The highest BCUT2D eigenvalue weighted by atomic mass is 16.5. The molecule has 0 aliphatic carbocycles. The summed E-state index contributed by atoms with van der Waals surface area (Å²) in [5.41, 5.74) is 0.779. The second kappa shape index (κ2) is 7.14. The van der Waals surface area contributed by atoms with Crippen LogP contribution >= 0.6 is 0 Å². The number of benzene rings is 1. The Hall–Kier alpha value is -2.54. The van der Waals surface area contributed by atoms with Crippen LogP contribution in [0.3, 0.4) is 0 Å². The molecule has 1 saturated heterocycles. The summed E-state index contributed by atoms with van der Waals surface area (Å²) in [4.78, 5) is 27.1. The number of carboxylic acid groups (broad SMARTS) is 1. The molecular formula is C18H22N2O5. The molecule has 0 unspecified atom stereocenters. The average molecular weight is 346 g/mol. The fourth-order valence-electron chi connectivity index (χ4n) is 3.26. The molecule has 0 saturated carbocycles. The highest BCUT2D eigenvalue weighted by molar-refractivity contribution is 5.93. The van der Waals surface area contributed by atoms with Gasteiger partial charge in [0.25, 0.3) is 0 Å². The van der Waals surface area contributed by atoms with E-state index in [9.17, 15) is 14.7 Å². The van der Waals surface area contributed by atoms with Gasteiger partial charge in [-0.25, -0.2) is 0 Å². The van der Waals surface area contributed by atoms with Crippen molar-refractivity contribution in [3.05, 3.63) is 30.0 Å². The first kappa shape index (κ1) is 17.3. The van der Waals surface area contributed by atoms with Gasteiger partial charge in [0.1, 0.15) is 5.75 Å². The second-order valence-electron chi connectivity index (χ2n) is 6.35. The molecule has 3 N–H and O–H groups in total. The lowest BCUT2D eigenvalue weighted by atomic mass is 9.80. The van der Waals surface area contributed by atoms with Crippen molar-refractivity contribution in [2.75, 3.05) is 26.9 Å². The predicted octanol–water partition coefficient (Wildman–Crippen LogP) is 1.72. The third-order valence-corrected chi connectivity index (χ3v) is 4.85. The summed E-state index contributed by atoms with van der Waals surface area (Å²) in [7, 11) is 1.59. The van der Waals surface area contributed by atoms with Gasteiger partial charge in [-0.2, -0.15) is 0 Å². The maximum atomic E-state index is 12.4. The minimum Gasteiger partial charge on any atom is -0.496 e. The zero-order valence-electron chi connectivity index (χ0n) is 14.1. The highest BCUT2D eigenvalue weighted by Gasteiger charge is 2.40. The van der Waals surface area contributed by atoms with E-state index >= 15 is 0 Å². The van der Waals surface area contributed by atoms with Gasteiger partial charge in [-0.15, -0.1) is 0 Å². The molecule has 3 rings (SSSR count). The number of amides is 1. The number of methoxy groups -OCH3 is 1. The van der Waals surface area contributed by atoms with Crippen molar-refractivity contribution < 1.29 is 24.2 Å². The maximum Gasteiger partial charge on any atom is 0.311 e. The Morgan fingerprint density at radius 2 is 2.12 bits per heavy atom. The van der Waals surface area contributed by atoms with Gasteiger partial charge in [0.05, 0.1) is 18.9 Å². The van der Waals surface area contributed by atoms with E-state index in [2.05, 4.69) is 10.3 Å². The molecule has 2 heterocycles. The summed E-state index contributed by atoms with van der Waals surface area (Å²) in [6.45, 7) is 0.924. The van der Waals surface area contributed by atoms with E-state index in [1.54, 1.807) is 13.3 Å². The lowest BCUT2D eigenvalue weighted by molar-refractivity contribution is -0.154. The van der Waals surface area contributed by atoms with Crippen LogP contribution in [0.2, 0.25) is 0 Å². The predicted molar refractivity (Wildman–Crippen MR) is 91.7 cm³/mol. The van der Waals surface area contributed by atoms with Crippen LogP contribution in [0, 0.1) is 5.41 Å². The second-order valence-corrected chi connectivity index (χ2v) is 6.35. The third kappa shape index (κ3) is 3.46. The molecule has 1 aromatic carbocycles. The van der Waals surface area contributed by atoms with Crippen LogP contribution in [0.4, 0.5) is 0 Å². The molecule has 1 fully saturated rings. The van der Waals surface area contributed by atoms with Crippen molar-refractivity contribution in [3.8, 4) is 5.75 Å². The number of H-pyrrole nitrogens is 1. The van der Waals surface area contributed by atoms with Crippen LogP contribution in [-0.4, -0.2) is 48.8 Å². The quantitative estimate of drug-likeness (QED) is 0.739. The number of carbonyl (C=O) groups is 2. The number of rotatable bonds is 6. The number of carbonyl (C=O) groups excluding carboxylic acids is 1. The van der Waals surface area contributed by atoms with Crippen molar-refractivity contribution in [2.45, 2.75) is 19.3 Å². The molecule has 1 amide bonds. The number of carboxylic acids is 1. The maximum absolute atomic E-state index is 12.4. The van der Waals surface area contributed by atoms with Gasteiger partial charge >= 0.3 is 5.97 Å². The summed E-state index contributed by atoms with van der Waals surface area (Å²) in [6.07, 6.45) is 2.76. The molecule has 1 aromatic heterocycles. The summed E-state index contributed by atoms with van der Waals surface area (Å²) < 4.78 is 10.6. The summed E-state index contributed by atoms with van der Waals surface area (Å²) >= 11 is 0. The Balaban J connectivity index is 1.70. The van der Waals surface area contributed by atoms with Crippen LogP contribution < -0.4 is 10.1 Å². The van der Waals surface area contributed by atoms with E-state index in [0.717, 1.165) is 16.5 Å². The van der Waals surface area contributed by atoms with Crippen molar-refractivity contribution in [2.24, 2.45) is 5.41 Å². The number of hydrogen-bond acceptors (Lipinski definition) is 4. The number of aromatic nitrogens is 1. The Bertz CT molecular complexity index is 777. The van der Waals surface area contributed by atoms with E-state index in [-0.39, 0.29) is 18.9 Å². The van der Waals surface area contributed by atoms with Gasteiger partial charge in [-0.3, -0.25) is 9.59 Å². The number of aromatic amines is 1. The van der Waals surface area contributed by atoms with E-state index in [4.69, 9.17) is 9.47 Å². The van der Waals surface area contributed by atoms with Gasteiger partial charge in [0.2, 0.25) is 5.91 Å². The molecule has 25 heavy (non-hydrogen) atoms. The fraction of sp³-hybridized carbons (Fsp3) is 0.444. The van der Waals surface area contributed by atoms with Crippen LogP contribution in [0.1, 0.15) is 18.4 Å². The number of fused-ring (bicyclic) bond motifs is 1. The van der Waals surface area contributed by atoms with E-state index < -0.39 is 11.4 Å². The van der Waals surface area contributed by atoms with E-state index in [0.29, 0.717) is 31.8 Å². The first-order chi connectivity index (χ1) is 12.1. The van der Waals surface area contributed by atoms with Gasteiger partial charge in [0.15, 0.2) is 0 Å². The molecule has 0 spiro atoms. The van der Waals surface area contributed by atoms with Gasteiger partial charge in [0, 0.05) is 36.9 Å². The smallest absolute Gasteiger partial charge is 0.311 e. The SMILES string of the molecule is COc1cccc2[nH]cc(CC(=O)NCC3(C(=O)O)CCOCC3)c12. The van der Waals surface area contributed by atoms with Gasteiger partial charge < -0.3 is 24.9 Å². The van der Waals surface area contributed by atoms with Gasteiger partial charge in [-0.1, -0.05) is 6.07 Å². The molecule has 134 valence electrons. The van der Waals surface area contributed by atoms with Crippen molar-refractivity contribution in [1.82, 2.24) is 10.3 Å². The number of nitrogens with one attached hydrogen (secondary N) is 2. The molecule has 1 aliphatic rings. The summed E-state index contributed by atoms with van der Waals surface area (Å²) in [5, 5.41) is 13.2. The lowest BCUT2D eigenvalue weighted by Gasteiger charge is -2.33. The zero-order chi connectivity index (χ0) is 17.9. The molecule has 0 radical (unpaired) electrons. The molecule has 7 nitrogen and oxygen atoms in total. The van der Waals surface area contributed by atoms with Crippen molar-refractivity contribution >= 4 is 22.8 Å². The number of hydrogen-bond donors (Lipinski definition) is 3. The molecule has 7 heteroatoms. The Kier molecular flexibility index (Phi) is 4.94. The third-order valence-electron chi connectivity index (χ3n) is 4.85. The normalized spacial score (nSPS) is 16.5. The topological polar surface area (TPSA) is 101 Å². The zero-order valence-corrected chi connectivity index (χ0v) is 14.1. The molecule has 0 atom stereocenters. The lowest BCUT2D eigenvalue weighted by Crippen LogP contribution is -2.46. The van der Waals surface area contributed by atoms with Crippen LogP contribution in [0.5, 0.6) is 5.75 Å². The average Bonchev–Trinajstić information content (AvgIpc) is 3.03. The largest absolute Gasteiger partial charge is 0.496 e. The minimum absolute atomic E-state index is 0.115. The van der Waals surface area contributed by atoms with Crippen LogP contribution in [0.25, 0.3) is 10.9 Å². The number of aliphatic carboxylic acids is 1. The Morgan fingerprint density at radius 1 is 1.36 bits per heavy atom. The van der Waals surface area contributed by atoms with E-state index in [1.165, 1.54) is 0 Å². The van der Waals surface area contributed by atoms with Crippen molar-refractivity contribution in [1.29, 1.82) is 0 Å². The standard InChI is InChI=1S/C18H22N2O5/c1-24-14-4-2-3-13-16(14)12(10-19-13)9-15(21)20-11-18(17(22)23)5-7-25-8-6-18/h2-4,10,19H,5-9,11H2,1H3,(H,20,21)(H,22,23). The molecule has 2 aromatic rings. The molecule has 0 bridgehead atoms. The Morgan fingerprint density at radius 3 is 2.80 bits per heavy atom. The van der Waals surface area contributed by atoms with Crippen molar-refractivity contribution in [3.63, 3.8) is 0 Å². The first-order valence-corrected chi connectivity index (χ1v) is 8.26. The van der Waals surface area contributed by atoms with Crippen LogP contribution in [-0.2, 0) is 20.7 Å². The van der Waals surface area contributed by atoms with Crippen LogP contribution in [0.15, 0.2) is 24.4 Å². The Labute approximate surface area is 145 Å². The minimum atomic E-state index is -0.939. The van der Waals surface area contributed by atoms with Gasteiger partial charge in [-0.05, 0) is 30.5 Å². The number of ether oxygens (including phenoxy) is 2.